The summed E-state index contributed by atoms with van der Waals surface area (Å²) in [5, 5.41) is 0. The van der Waals surface area contributed by atoms with Crippen molar-refractivity contribution in [2.75, 3.05) is 6.54 Å². The largest absolute Gasteiger partial charge is 0.329 e. The number of Topliss-reactive ketones (excluding diaryl/α,β-unsaturated/α-hetero) is 1. The highest BCUT2D eigenvalue weighted by atomic mass is 16.1. The van der Waals surface area contributed by atoms with E-state index in [4.69, 9.17) is 5.73 Å². The lowest BCUT2D eigenvalue weighted by Gasteiger charge is -2.16. The Morgan fingerprint density at radius 3 is 2.14 bits per heavy atom. The zero-order chi connectivity index (χ0) is 15.4. The number of ketones is 1. The maximum absolute atomic E-state index is 12.7. The number of carbonyl (C=O) groups excluding carboxylic acids is 1. The summed E-state index contributed by atoms with van der Waals surface area (Å²) < 4.78 is 0. The molecule has 0 amide bonds. The Balaban J connectivity index is 2.25. The van der Waals surface area contributed by atoms with Crippen LogP contribution in [0.25, 0.3) is 0 Å². The smallest absolute Gasteiger partial charge is 0.145 e. The van der Waals surface area contributed by atoms with E-state index in [0.717, 1.165) is 11.1 Å². The van der Waals surface area contributed by atoms with Crippen LogP contribution in [0.3, 0.4) is 0 Å². The first-order valence-electron chi connectivity index (χ1n) is 7.37. The van der Waals surface area contributed by atoms with E-state index in [0.29, 0.717) is 13.0 Å². The van der Waals surface area contributed by atoms with Crippen molar-refractivity contribution in [3.63, 3.8) is 0 Å². The average molecular weight is 281 g/mol. The van der Waals surface area contributed by atoms with Gasteiger partial charge in [0.05, 0.1) is 5.92 Å². The third kappa shape index (κ3) is 3.59. The van der Waals surface area contributed by atoms with Crippen molar-refractivity contribution in [2.24, 2.45) is 5.73 Å². The summed E-state index contributed by atoms with van der Waals surface area (Å²) in [6, 6.07) is 14.1. The molecule has 0 aliphatic heterocycles. The Kier molecular flexibility index (Phi) is 4.92. The maximum atomic E-state index is 12.7. The number of aryl methyl sites for hydroxylation is 3. The third-order valence-corrected chi connectivity index (χ3v) is 4.02. The summed E-state index contributed by atoms with van der Waals surface area (Å²) in [4.78, 5) is 12.7. The molecule has 0 saturated carbocycles. The predicted octanol–water partition coefficient (Wildman–Crippen LogP) is 3.47. The highest BCUT2D eigenvalue weighted by Crippen LogP contribution is 2.22. The van der Waals surface area contributed by atoms with Crippen molar-refractivity contribution in [3.8, 4) is 0 Å². The van der Waals surface area contributed by atoms with Crippen molar-refractivity contribution in [1.82, 2.24) is 0 Å². The molecule has 0 bridgehead atoms. The predicted molar refractivity (Wildman–Crippen MR) is 87.6 cm³/mol. The fourth-order valence-corrected chi connectivity index (χ4v) is 2.92. The van der Waals surface area contributed by atoms with Gasteiger partial charge in [-0.3, -0.25) is 4.79 Å². The molecule has 2 heteroatoms. The lowest BCUT2D eigenvalue weighted by Crippen LogP contribution is -2.23. The monoisotopic (exact) mass is 281 g/mol. The lowest BCUT2D eigenvalue weighted by molar-refractivity contribution is -0.119. The van der Waals surface area contributed by atoms with Gasteiger partial charge in [0, 0.05) is 13.0 Å². The van der Waals surface area contributed by atoms with Gasteiger partial charge < -0.3 is 5.73 Å². The van der Waals surface area contributed by atoms with E-state index < -0.39 is 0 Å². The standard InChI is InChI=1S/C19H23NO/c1-13-9-14(2)17(15(3)10-13)11-19(21)18(12-20)16-7-5-4-6-8-16/h4-10,18H,11-12,20H2,1-3H3. The van der Waals surface area contributed by atoms with Gasteiger partial charge in [0.2, 0.25) is 0 Å². The van der Waals surface area contributed by atoms with Crippen LogP contribution in [0.1, 0.15) is 33.7 Å². The topological polar surface area (TPSA) is 43.1 Å². The zero-order valence-electron chi connectivity index (χ0n) is 13.0. The number of hydrogen-bond acceptors (Lipinski definition) is 2. The number of carbonyl (C=O) groups is 1. The van der Waals surface area contributed by atoms with Crippen LogP contribution in [0.15, 0.2) is 42.5 Å². The van der Waals surface area contributed by atoms with Crippen LogP contribution >= 0.6 is 0 Å². The Morgan fingerprint density at radius 1 is 1.05 bits per heavy atom. The molecular weight excluding hydrogens is 258 g/mol. The average Bonchev–Trinajstić information content (AvgIpc) is 2.45. The van der Waals surface area contributed by atoms with Crippen LogP contribution in [0.4, 0.5) is 0 Å². The Bertz CT molecular complexity index is 608. The summed E-state index contributed by atoms with van der Waals surface area (Å²) in [7, 11) is 0. The van der Waals surface area contributed by atoms with Crippen LogP contribution in [0.5, 0.6) is 0 Å². The molecule has 2 nitrogen and oxygen atoms in total. The molecule has 2 N–H and O–H groups in total. The molecule has 0 spiro atoms. The van der Waals surface area contributed by atoms with Crippen LogP contribution in [0, 0.1) is 20.8 Å². The summed E-state index contributed by atoms with van der Waals surface area (Å²) in [6.07, 6.45) is 0.453. The van der Waals surface area contributed by atoms with Gasteiger partial charge in [0.15, 0.2) is 0 Å². The van der Waals surface area contributed by atoms with Crippen molar-refractivity contribution in [1.29, 1.82) is 0 Å². The second-order valence-electron chi connectivity index (χ2n) is 5.72. The van der Waals surface area contributed by atoms with E-state index in [1.807, 2.05) is 30.3 Å². The fraction of sp³-hybridized carbons (Fsp3) is 0.316. The molecule has 0 saturated heterocycles. The minimum absolute atomic E-state index is 0.193. The van der Waals surface area contributed by atoms with Crippen LogP contribution in [0.2, 0.25) is 0 Å². The summed E-state index contributed by atoms with van der Waals surface area (Å²) >= 11 is 0. The van der Waals surface area contributed by atoms with Gasteiger partial charge in [-0.2, -0.15) is 0 Å². The summed E-state index contributed by atoms with van der Waals surface area (Å²) in [5.41, 5.74) is 11.6. The molecule has 110 valence electrons. The third-order valence-electron chi connectivity index (χ3n) is 4.02. The molecule has 0 radical (unpaired) electrons. The highest BCUT2D eigenvalue weighted by molar-refractivity contribution is 5.88. The summed E-state index contributed by atoms with van der Waals surface area (Å²) in [5.74, 6) is -0.0231. The van der Waals surface area contributed by atoms with Gasteiger partial charge in [0.25, 0.3) is 0 Å². The molecule has 0 aromatic heterocycles. The minimum atomic E-state index is -0.216. The molecule has 0 aliphatic carbocycles. The molecule has 1 unspecified atom stereocenters. The Labute approximate surface area is 127 Å². The number of hydrogen-bond donors (Lipinski definition) is 1. The first-order valence-corrected chi connectivity index (χ1v) is 7.37. The van der Waals surface area contributed by atoms with Crippen molar-refractivity contribution in [2.45, 2.75) is 33.1 Å². The van der Waals surface area contributed by atoms with E-state index in [2.05, 4.69) is 32.9 Å². The lowest BCUT2D eigenvalue weighted by atomic mass is 9.88. The van der Waals surface area contributed by atoms with E-state index in [1.54, 1.807) is 0 Å². The van der Waals surface area contributed by atoms with E-state index in [9.17, 15) is 4.79 Å². The Hall–Kier alpha value is -1.93. The number of rotatable bonds is 5. The van der Waals surface area contributed by atoms with Gasteiger partial charge in [-0.1, -0.05) is 48.0 Å². The van der Waals surface area contributed by atoms with Gasteiger partial charge in [-0.15, -0.1) is 0 Å². The van der Waals surface area contributed by atoms with Crippen molar-refractivity contribution in [3.05, 3.63) is 70.3 Å². The molecule has 0 aliphatic rings. The molecular formula is C19H23NO. The first-order chi connectivity index (χ1) is 10.0. The number of nitrogens with two attached hydrogens (primary N) is 1. The maximum Gasteiger partial charge on any atom is 0.145 e. The molecule has 21 heavy (non-hydrogen) atoms. The molecule has 2 rings (SSSR count). The normalized spacial score (nSPS) is 12.2. The van der Waals surface area contributed by atoms with Crippen molar-refractivity contribution >= 4 is 5.78 Å². The number of benzene rings is 2. The Morgan fingerprint density at radius 2 is 1.62 bits per heavy atom. The SMILES string of the molecule is Cc1cc(C)c(CC(=O)C(CN)c2ccccc2)c(C)c1. The zero-order valence-corrected chi connectivity index (χ0v) is 13.0. The molecule has 2 aromatic carbocycles. The minimum Gasteiger partial charge on any atom is -0.329 e. The fourth-order valence-electron chi connectivity index (χ4n) is 2.92. The van der Waals surface area contributed by atoms with Crippen LogP contribution in [-0.4, -0.2) is 12.3 Å². The highest BCUT2D eigenvalue weighted by Gasteiger charge is 2.20. The second kappa shape index (κ2) is 6.68. The van der Waals surface area contributed by atoms with E-state index >= 15 is 0 Å². The molecule has 1 atom stereocenters. The quantitative estimate of drug-likeness (QED) is 0.912. The van der Waals surface area contributed by atoms with Gasteiger partial charge in [-0.25, -0.2) is 0 Å². The first kappa shape index (κ1) is 15.5. The van der Waals surface area contributed by atoms with E-state index in [1.165, 1.54) is 16.7 Å². The van der Waals surface area contributed by atoms with Crippen LogP contribution in [-0.2, 0) is 11.2 Å². The molecule has 0 heterocycles. The van der Waals surface area contributed by atoms with Gasteiger partial charge >= 0.3 is 0 Å². The second-order valence-corrected chi connectivity index (χ2v) is 5.72. The van der Waals surface area contributed by atoms with Crippen molar-refractivity contribution < 1.29 is 4.79 Å². The molecule has 2 aromatic rings. The van der Waals surface area contributed by atoms with E-state index in [-0.39, 0.29) is 11.7 Å². The molecule has 0 fully saturated rings. The van der Waals surface area contributed by atoms with Crippen LogP contribution < -0.4 is 5.73 Å². The van der Waals surface area contributed by atoms with Gasteiger partial charge in [-0.05, 0) is 43.0 Å². The van der Waals surface area contributed by atoms with Gasteiger partial charge in [0.1, 0.15) is 5.78 Å². The summed E-state index contributed by atoms with van der Waals surface area (Å²) in [6.45, 7) is 6.58.